The lowest BCUT2D eigenvalue weighted by molar-refractivity contribution is 1.13. The van der Waals surface area contributed by atoms with Crippen molar-refractivity contribution in [1.29, 1.82) is 0 Å². The standard InChI is InChI=1S/C16H11N7/c1-3-11-17-9(1)10-2-4-12(18-10)20-14-6-8-16(22-14)23-15-7-5-13(19-11)21-15/h1-8H,(H3,17,18,19,20,21,22,23). The lowest BCUT2D eigenvalue weighted by Crippen LogP contribution is -1.82. The first-order chi connectivity index (χ1) is 11.3. The molecule has 0 atom stereocenters. The van der Waals surface area contributed by atoms with Crippen LogP contribution in [0, 0.1) is 0 Å². The lowest BCUT2D eigenvalue weighted by atomic mass is 10.4. The van der Waals surface area contributed by atoms with Crippen molar-refractivity contribution in [2.45, 2.75) is 0 Å². The number of nitrogens with zero attached hydrogens (tertiary/aromatic N) is 4. The average Bonchev–Trinajstić information content (AvgIpc) is 3.28. The fraction of sp³-hybridized carbons (Fsp3) is 0. The Labute approximate surface area is 129 Å². The third-order valence-corrected chi connectivity index (χ3v) is 3.61. The maximum atomic E-state index is 4.53. The molecule has 5 heterocycles. The van der Waals surface area contributed by atoms with Crippen molar-refractivity contribution in [1.82, 2.24) is 34.9 Å². The van der Waals surface area contributed by atoms with Gasteiger partial charge in [0.15, 0.2) is 11.6 Å². The molecule has 0 fully saturated rings. The minimum absolute atomic E-state index is 0.611. The zero-order chi connectivity index (χ0) is 15.2. The van der Waals surface area contributed by atoms with Crippen LogP contribution in [0.1, 0.15) is 11.6 Å². The molecule has 1 aliphatic heterocycles. The van der Waals surface area contributed by atoms with E-state index in [1.165, 1.54) is 0 Å². The second-order valence-electron chi connectivity index (χ2n) is 5.24. The van der Waals surface area contributed by atoms with Gasteiger partial charge in [0.2, 0.25) is 0 Å². The van der Waals surface area contributed by atoms with Crippen LogP contribution >= 0.6 is 0 Å². The molecule has 0 saturated carbocycles. The minimum atomic E-state index is 0.611. The molecule has 0 amide bonds. The Kier molecular flexibility index (Phi) is 2.37. The van der Waals surface area contributed by atoms with Gasteiger partial charge in [-0.2, -0.15) is 0 Å². The van der Waals surface area contributed by atoms with E-state index in [2.05, 4.69) is 34.9 Å². The molecule has 7 heteroatoms. The van der Waals surface area contributed by atoms with E-state index in [1.807, 2.05) is 48.6 Å². The predicted octanol–water partition coefficient (Wildman–Crippen LogP) is 2.88. The summed E-state index contributed by atoms with van der Waals surface area (Å²) < 4.78 is 0. The Morgan fingerprint density at radius 1 is 0.478 bits per heavy atom. The number of nitrogens with one attached hydrogen (secondary N) is 3. The first kappa shape index (κ1) is 12.1. The number of hydrogen-bond donors (Lipinski definition) is 3. The van der Waals surface area contributed by atoms with Crippen LogP contribution in [0.15, 0.2) is 36.4 Å². The van der Waals surface area contributed by atoms with Crippen LogP contribution < -0.4 is 0 Å². The number of hydrogen-bond acceptors (Lipinski definition) is 4. The van der Waals surface area contributed by atoms with Crippen molar-refractivity contribution in [3.05, 3.63) is 48.0 Å². The third-order valence-electron chi connectivity index (χ3n) is 3.61. The molecule has 23 heavy (non-hydrogen) atoms. The van der Waals surface area contributed by atoms with E-state index < -0.39 is 0 Å². The van der Waals surface area contributed by atoms with Crippen molar-refractivity contribution in [2.75, 3.05) is 0 Å². The SMILES string of the molecule is C1=Cc2nc1nc1ccc(nc3ccc([nH]3)c3ccc(n2)[nH]3)[nH]1. The van der Waals surface area contributed by atoms with Crippen molar-refractivity contribution in [2.24, 2.45) is 0 Å². The fourth-order valence-electron chi connectivity index (χ4n) is 2.56. The Bertz CT molecular complexity index is 1180. The van der Waals surface area contributed by atoms with Crippen LogP contribution in [0.3, 0.4) is 0 Å². The van der Waals surface area contributed by atoms with Gasteiger partial charge in [-0.1, -0.05) is 0 Å². The average molecular weight is 301 g/mol. The van der Waals surface area contributed by atoms with Gasteiger partial charge in [0, 0.05) is 0 Å². The summed E-state index contributed by atoms with van der Waals surface area (Å²) >= 11 is 0. The third kappa shape index (κ3) is 2.15. The van der Waals surface area contributed by atoms with E-state index in [4.69, 9.17) is 0 Å². The molecule has 7 nitrogen and oxygen atoms in total. The first-order valence-electron chi connectivity index (χ1n) is 7.18. The Morgan fingerprint density at radius 2 is 0.957 bits per heavy atom. The maximum Gasteiger partial charge on any atom is 0.156 e. The van der Waals surface area contributed by atoms with E-state index in [0.29, 0.717) is 17.3 Å². The summed E-state index contributed by atoms with van der Waals surface area (Å²) in [6.45, 7) is 0. The summed E-state index contributed by atoms with van der Waals surface area (Å²) in [7, 11) is 0. The normalized spacial score (nSPS) is 12.2. The second-order valence-corrected chi connectivity index (χ2v) is 5.24. The van der Waals surface area contributed by atoms with Gasteiger partial charge in [-0.05, 0) is 48.6 Å². The molecule has 0 spiro atoms. The lowest BCUT2D eigenvalue weighted by Gasteiger charge is -1.83. The fourth-order valence-corrected chi connectivity index (χ4v) is 2.56. The van der Waals surface area contributed by atoms with Gasteiger partial charge in [-0.3, -0.25) is 0 Å². The molecule has 0 radical (unpaired) electrons. The van der Waals surface area contributed by atoms with Crippen molar-refractivity contribution in [3.8, 4) is 0 Å². The molecule has 5 rings (SSSR count). The van der Waals surface area contributed by atoms with Crippen LogP contribution in [0.2, 0.25) is 0 Å². The largest absolute Gasteiger partial charge is 0.338 e. The highest BCUT2D eigenvalue weighted by atomic mass is 15.0. The quantitative estimate of drug-likeness (QED) is 0.409. The molecule has 0 aromatic carbocycles. The number of rotatable bonds is 0. The summed E-state index contributed by atoms with van der Waals surface area (Å²) in [6.07, 6.45) is 3.68. The van der Waals surface area contributed by atoms with Gasteiger partial charge in [0.1, 0.15) is 22.6 Å². The summed E-state index contributed by atoms with van der Waals surface area (Å²) in [5.41, 5.74) is 4.85. The summed E-state index contributed by atoms with van der Waals surface area (Å²) in [4.78, 5) is 27.5. The summed E-state index contributed by atoms with van der Waals surface area (Å²) in [5.74, 6) is 1.23. The van der Waals surface area contributed by atoms with Crippen LogP contribution in [0.25, 0.3) is 45.8 Å². The van der Waals surface area contributed by atoms with Gasteiger partial charge < -0.3 is 15.0 Å². The smallest absolute Gasteiger partial charge is 0.156 e. The van der Waals surface area contributed by atoms with Gasteiger partial charge >= 0.3 is 0 Å². The number of H-pyrrole nitrogens is 3. The zero-order valence-corrected chi connectivity index (χ0v) is 11.9. The van der Waals surface area contributed by atoms with Crippen molar-refractivity contribution in [3.63, 3.8) is 0 Å². The monoisotopic (exact) mass is 301 g/mol. The zero-order valence-electron chi connectivity index (χ0n) is 11.9. The van der Waals surface area contributed by atoms with Crippen LogP contribution in [-0.4, -0.2) is 34.9 Å². The summed E-state index contributed by atoms with van der Waals surface area (Å²) in [6, 6.07) is 11.6. The van der Waals surface area contributed by atoms with Gasteiger partial charge in [-0.25, -0.2) is 19.9 Å². The van der Waals surface area contributed by atoms with E-state index in [-0.39, 0.29) is 0 Å². The highest BCUT2D eigenvalue weighted by Gasteiger charge is 2.02. The molecular formula is C16H11N7. The van der Waals surface area contributed by atoms with Crippen molar-refractivity contribution >= 4 is 45.8 Å². The minimum Gasteiger partial charge on any atom is -0.338 e. The van der Waals surface area contributed by atoms with Gasteiger partial charge in [-0.15, -0.1) is 0 Å². The molecule has 3 N–H and O–H groups in total. The van der Waals surface area contributed by atoms with Crippen LogP contribution in [0.5, 0.6) is 0 Å². The predicted molar refractivity (Wildman–Crippen MR) is 88.6 cm³/mol. The molecule has 0 saturated heterocycles. The Morgan fingerprint density at radius 3 is 1.61 bits per heavy atom. The van der Waals surface area contributed by atoms with Crippen LogP contribution in [-0.2, 0) is 0 Å². The number of fused-ring (bicyclic) bond motifs is 9. The molecule has 0 unspecified atom stereocenters. The Hall–Kier alpha value is -3.48. The van der Waals surface area contributed by atoms with Crippen LogP contribution in [0.4, 0.5) is 0 Å². The Balaban J connectivity index is 1.93. The van der Waals surface area contributed by atoms with E-state index in [1.54, 1.807) is 0 Å². The maximum absolute atomic E-state index is 4.53. The number of aromatic nitrogens is 7. The highest BCUT2D eigenvalue weighted by Crippen LogP contribution is 2.13. The molecule has 8 bridgehead atoms. The van der Waals surface area contributed by atoms with E-state index >= 15 is 0 Å². The molecule has 4 aromatic rings. The van der Waals surface area contributed by atoms with Crippen molar-refractivity contribution < 1.29 is 0 Å². The summed E-state index contributed by atoms with van der Waals surface area (Å²) in [5, 5.41) is 0. The first-order valence-corrected chi connectivity index (χ1v) is 7.18. The molecule has 1 aliphatic rings. The van der Waals surface area contributed by atoms with E-state index in [0.717, 1.165) is 28.0 Å². The van der Waals surface area contributed by atoms with E-state index in [9.17, 15) is 0 Å². The molecule has 110 valence electrons. The molecule has 4 aromatic heterocycles. The highest BCUT2D eigenvalue weighted by molar-refractivity contribution is 5.79. The molecule has 0 aliphatic carbocycles. The molecular weight excluding hydrogens is 290 g/mol. The van der Waals surface area contributed by atoms with Gasteiger partial charge in [0.25, 0.3) is 0 Å². The second kappa shape index (κ2) is 4.51. The van der Waals surface area contributed by atoms with Gasteiger partial charge in [0.05, 0.1) is 11.0 Å². The topological polar surface area (TPSA) is 98.9 Å². The number of aromatic amines is 3.